The molecule has 0 radical (unpaired) electrons. The molecule has 1 aromatic rings. The molecule has 1 aromatic carbocycles. The van der Waals surface area contributed by atoms with Crippen LogP contribution in [0.25, 0.3) is 11.3 Å². The number of nitrogens with zero attached hydrogens (tertiary/aromatic N) is 1. The average molecular weight is 303 g/mol. The van der Waals surface area contributed by atoms with Crippen molar-refractivity contribution in [1.82, 2.24) is 4.90 Å². The van der Waals surface area contributed by atoms with Crippen LogP contribution < -0.4 is 0 Å². The fraction of sp³-hybridized carbons (Fsp3) is 0.318. The van der Waals surface area contributed by atoms with E-state index >= 15 is 0 Å². The Bertz CT molecular complexity index is 788. The fourth-order valence-corrected chi connectivity index (χ4v) is 3.03. The summed E-state index contributed by atoms with van der Waals surface area (Å²) in [5.41, 5.74) is 11.2. The number of hydrogen-bond acceptors (Lipinski definition) is 1. The maximum Gasteiger partial charge on any atom is 0.0445 e. The first kappa shape index (κ1) is 15.6. The molecule has 1 nitrogen and oxygen atoms in total. The molecule has 23 heavy (non-hydrogen) atoms. The lowest BCUT2D eigenvalue weighted by Gasteiger charge is -2.31. The summed E-state index contributed by atoms with van der Waals surface area (Å²) >= 11 is 0. The first-order valence-corrected chi connectivity index (χ1v) is 8.24. The molecule has 1 aliphatic heterocycles. The molecule has 0 fully saturated rings. The van der Waals surface area contributed by atoms with Crippen LogP contribution in [0.15, 0.2) is 59.9 Å². The quantitative estimate of drug-likeness (QED) is 0.665. The Morgan fingerprint density at radius 3 is 2.61 bits per heavy atom. The Kier molecular flexibility index (Phi) is 3.92. The molecule has 0 aromatic heterocycles. The number of aryl methyl sites for hydroxylation is 1. The molecular weight excluding hydrogens is 278 g/mol. The average Bonchev–Trinajstić information content (AvgIpc) is 3.01. The van der Waals surface area contributed by atoms with E-state index in [-0.39, 0.29) is 5.41 Å². The summed E-state index contributed by atoms with van der Waals surface area (Å²) in [5.74, 6) is 0. The SMILES string of the molecule is Cc1ccc(C2=C=CC=C2)cc1C1=CC(C(C)(C)C)=CCN1C. The second kappa shape index (κ2) is 5.76. The van der Waals surface area contributed by atoms with Crippen LogP contribution in [0.5, 0.6) is 0 Å². The molecule has 0 atom stereocenters. The predicted molar refractivity (Wildman–Crippen MR) is 100.0 cm³/mol. The van der Waals surface area contributed by atoms with Gasteiger partial charge in [-0.25, -0.2) is 0 Å². The molecular formula is C22H25N. The Labute approximate surface area is 140 Å². The highest BCUT2D eigenvalue weighted by molar-refractivity contribution is 5.80. The van der Waals surface area contributed by atoms with Gasteiger partial charge in [-0.1, -0.05) is 45.1 Å². The molecule has 0 amide bonds. The van der Waals surface area contributed by atoms with E-state index in [2.05, 4.69) is 81.8 Å². The van der Waals surface area contributed by atoms with Crippen molar-refractivity contribution in [1.29, 1.82) is 0 Å². The van der Waals surface area contributed by atoms with Crippen LogP contribution in [-0.4, -0.2) is 18.5 Å². The number of likely N-dealkylation sites (N-methyl/N-ethyl adjacent to an activating group) is 1. The van der Waals surface area contributed by atoms with Crippen LogP contribution in [0.2, 0.25) is 0 Å². The van der Waals surface area contributed by atoms with Gasteiger partial charge in [0.25, 0.3) is 0 Å². The van der Waals surface area contributed by atoms with E-state index in [1.165, 1.54) is 28.0 Å². The minimum Gasteiger partial charge on any atom is -0.370 e. The molecule has 0 saturated heterocycles. The summed E-state index contributed by atoms with van der Waals surface area (Å²) in [6, 6.07) is 6.71. The molecule has 0 spiro atoms. The molecule has 0 N–H and O–H groups in total. The molecule has 1 heteroatoms. The summed E-state index contributed by atoms with van der Waals surface area (Å²) in [6.07, 6.45) is 10.8. The van der Waals surface area contributed by atoms with Gasteiger partial charge in [0.05, 0.1) is 0 Å². The zero-order valence-electron chi connectivity index (χ0n) is 14.8. The topological polar surface area (TPSA) is 3.24 Å². The van der Waals surface area contributed by atoms with Gasteiger partial charge in [0, 0.05) is 30.4 Å². The maximum atomic E-state index is 3.30. The van der Waals surface area contributed by atoms with Gasteiger partial charge in [-0.3, -0.25) is 0 Å². The van der Waals surface area contributed by atoms with Crippen LogP contribution in [0.3, 0.4) is 0 Å². The molecule has 3 rings (SSSR count). The van der Waals surface area contributed by atoms with Crippen molar-refractivity contribution < 1.29 is 0 Å². The Balaban J connectivity index is 2.08. The molecule has 0 unspecified atom stereocenters. The zero-order valence-corrected chi connectivity index (χ0v) is 14.8. The third kappa shape index (κ3) is 3.11. The highest BCUT2D eigenvalue weighted by Gasteiger charge is 2.21. The van der Waals surface area contributed by atoms with E-state index in [0.717, 1.165) is 12.1 Å². The van der Waals surface area contributed by atoms with Crippen LogP contribution in [0.1, 0.15) is 37.5 Å². The first-order chi connectivity index (χ1) is 10.9. The van der Waals surface area contributed by atoms with E-state index in [4.69, 9.17) is 0 Å². The third-order valence-corrected chi connectivity index (χ3v) is 4.58. The molecule has 1 aliphatic carbocycles. The van der Waals surface area contributed by atoms with Gasteiger partial charge in [0.1, 0.15) is 0 Å². The maximum absolute atomic E-state index is 3.30. The second-order valence-electron chi connectivity index (χ2n) is 7.43. The van der Waals surface area contributed by atoms with Crippen molar-refractivity contribution in [3.8, 4) is 0 Å². The third-order valence-electron chi connectivity index (χ3n) is 4.58. The van der Waals surface area contributed by atoms with Gasteiger partial charge in [0.2, 0.25) is 0 Å². The lowest BCUT2D eigenvalue weighted by atomic mass is 9.83. The Morgan fingerprint density at radius 2 is 1.96 bits per heavy atom. The van der Waals surface area contributed by atoms with E-state index in [9.17, 15) is 0 Å². The van der Waals surface area contributed by atoms with Crippen LogP contribution >= 0.6 is 0 Å². The van der Waals surface area contributed by atoms with Crippen molar-refractivity contribution in [2.75, 3.05) is 13.6 Å². The van der Waals surface area contributed by atoms with Crippen molar-refractivity contribution in [2.24, 2.45) is 5.41 Å². The lowest BCUT2D eigenvalue weighted by molar-refractivity contribution is 0.481. The summed E-state index contributed by atoms with van der Waals surface area (Å²) in [6.45, 7) is 9.99. The van der Waals surface area contributed by atoms with Crippen molar-refractivity contribution in [3.05, 3.63) is 76.6 Å². The van der Waals surface area contributed by atoms with Crippen LogP contribution in [0.4, 0.5) is 0 Å². The number of allylic oxidation sites excluding steroid dienone is 5. The lowest BCUT2D eigenvalue weighted by Crippen LogP contribution is -2.24. The number of rotatable bonds is 2. The predicted octanol–water partition coefficient (Wildman–Crippen LogP) is 5.36. The molecule has 1 heterocycles. The van der Waals surface area contributed by atoms with E-state index in [0.29, 0.717) is 0 Å². The van der Waals surface area contributed by atoms with E-state index < -0.39 is 0 Å². The molecule has 2 aliphatic rings. The minimum absolute atomic E-state index is 0.178. The standard InChI is InChI=1S/C22H25N/c1-16-10-11-18(17-8-6-7-9-17)14-20(16)21-15-19(22(2,3)4)12-13-23(21)5/h6-8,10-12,14-15H,13H2,1-5H3. The van der Waals surface area contributed by atoms with Crippen molar-refractivity contribution in [3.63, 3.8) is 0 Å². The van der Waals surface area contributed by atoms with Crippen molar-refractivity contribution in [2.45, 2.75) is 27.7 Å². The molecule has 0 saturated carbocycles. The Hall–Kier alpha value is -2.24. The van der Waals surface area contributed by atoms with Crippen LogP contribution in [0, 0.1) is 12.3 Å². The fourth-order valence-electron chi connectivity index (χ4n) is 3.03. The highest BCUT2D eigenvalue weighted by atomic mass is 15.1. The second-order valence-corrected chi connectivity index (χ2v) is 7.43. The van der Waals surface area contributed by atoms with E-state index in [1.54, 1.807) is 0 Å². The summed E-state index contributed by atoms with van der Waals surface area (Å²) in [5, 5.41) is 0. The summed E-state index contributed by atoms with van der Waals surface area (Å²) < 4.78 is 0. The van der Waals surface area contributed by atoms with Crippen LogP contribution in [-0.2, 0) is 0 Å². The van der Waals surface area contributed by atoms with Gasteiger partial charge < -0.3 is 4.90 Å². The van der Waals surface area contributed by atoms with Gasteiger partial charge in [-0.15, -0.1) is 5.73 Å². The van der Waals surface area contributed by atoms with Crippen molar-refractivity contribution >= 4 is 11.3 Å². The number of benzene rings is 1. The van der Waals surface area contributed by atoms with E-state index in [1.807, 2.05) is 12.2 Å². The summed E-state index contributed by atoms with van der Waals surface area (Å²) in [4.78, 5) is 2.33. The monoisotopic (exact) mass is 303 g/mol. The first-order valence-electron chi connectivity index (χ1n) is 8.24. The van der Waals surface area contributed by atoms with Gasteiger partial charge in [-0.05, 0) is 53.3 Å². The highest BCUT2D eigenvalue weighted by Crippen LogP contribution is 2.35. The smallest absolute Gasteiger partial charge is 0.0445 e. The zero-order chi connectivity index (χ0) is 16.6. The Morgan fingerprint density at radius 1 is 1.17 bits per heavy atom. The summed E-state index contributed by atoms with van der Waals surface area (Å²) in [7, 11) is 2.17. The molecule has 118 valence electrons. The normalized spacial score (nSPS) is 17.3. The number of hydrogen-bond donors (Lipinski definition) is 0. The van der Waals surface area contributed by atoms with Gasteiger partial charge in [0.15, 0.2) is 0 Å². The molecule has 0 bridgehead atoms. The largest absolute Gasteiger partial charge is 0.370 e. The minimum atomic E-state index is 0.178. The van der Waals surface area contributed by atoms with Gasteiger partial charge >= 0.3 is 0 Å². The van der Waals surface area contributed by atoms with Gasteiger partial charge in [-0.2, -0.15) is 0 Å².